The average molecular weight is 429 g/mol. The molecule has 0 radical (unpaired) electrons. The lowest BCUT2D eigenvalue weighted by Crippen LogP contribution is -2.24. The number of nitrogens with zero attached hydrogens (tertiary/aromatic N) is 1. The highest BCUT2D eigenvalue weighted by Crippen LogP contribution is 2.12. The number of ether oxygens (including phenoxy) is 1. The van der Waals surface area contributed by atoms with Crippen molar-refractivity contribution >= 4 is 21.8 Å². The fourth-order valence-corrected chi connectivity index (χ4v) is 3.66. The number of hydrogen-bond donors (Lipinski definition) is 1. The maximum atomic E-state index is 12.2. The van der Waals surface area contributed by atoms with Gasteiger partial charge in [-0.1, -0.05) is 37.6 Å². The van der Waals surface area contributed by atoms with Crippen LogP contribution < -0.4 is 4.72 Å². The highest BCUT2D eigenvalue weighted by molar-refractivity contribution is 7.89. The minimum atomic E-state index is -3.75. The van der Waals surface area contributed by atoms with Gasteiger partial charge in [-0.15, -0.1) is 0 Å². The van der Waals surface area contributed by atoms with E-state index in [9.17, 15) is 18.0 Å². The van der Waals surface area contributed by atoms with Crippen LogP contribution in [-0.4, -0.2) is 33.3 Å². The first-order valence-electron chi connectivity index (χ1n) is 9.63. The fraction of sp³-hybridized carbons (Fsp3) is 0.318. The lowest BCUT2D eigenvalue weighted by molar-refractivity contribution is 0.0474. The number of benzene rings is 2. The second-order valence-electron chi connectivity index (χ2n) is 6.63. The summed E-state index contributed by atoms with van der Waals surface area (Å²) >= 11 is 0. The normalized spacial score (nSPS) is 10.9. The van der Waals surface area contributed by atoms with Crippen molar-refractivity contribution < 1.29 is 22.7 Å². The topological polar surface area (TPSA) is 113 Å². The van der Waals surface area contributed by atoms with Crippen molar-refractivity contribution in [1.29, 1.82) is 5.26 Å². The van der Waals surface area contributed by atoms with Crippen molar-refractivity contribution in [3.05, 3.63) is 65.2 Å². The molecule has 0 bridgehead atoms. The van der Waals surface area contributed by atoms with Crippen molar-refractivity contribution in [1.82, 2.24) is 4.72 Å². The molecule has 0 aromatic heterocycles. The Morgan fingerprint density at radius 1 is 1.03 bits per heavy atom. The number of carbonyl (C=O) groups excluding carboxylic acids is 2. The molecule has 2 aromatic rings. The molecule has 0 heterocycles. The van der Waals surface area contributed by atoms with Gasteiger partial charge in [0.2, 0.25) is 10.0 Å². The van der Waals surface area contributed by atoms with Gasteiger partial charge in [0.15, 0.2) is 12.4 Å². The number of sulfonamides is 1. The molecule has 7 nitrogen and oxygen atoms in total. The molecule has 0 amide bonds. The van der Waals surface area contributed by atoms with Crippen LogP contribution in [0.25, 0.3) is 0 Å². The Morgan fingerprint density at radius 2 is 1.67 bits per heavy atom. The average Bonchev–Trinajstić information content (AvgIpc) is 2.76. The summed E-state index contributed by atoms with van der Waals surface area (Å²) in [6, 6.07) is 14.2. The van der Waals surface area contributed by atoms with E-state index in [4.69, 9.17) is 10.00 Å². The van der Waals surface area contributed by atoms with Crippen molar-refractivity contribution in [2.75, 3.05) is 13.2 Å². The predicted molar refractivity (Wildman–Crippen MR) is 112 cm³/mol. The maximum absolute atomic E-state index is 12.2. The molecule has 0 aliphatic heterocycles. The lowest BCUT2D eigenvalue weighted by atomic mass is 10.0. The number of carbonyl (C=O) groups is 2. The van der Waals surface area contributed by atoms with Crippen LogP contribution in [0.3, 0.4) is 0 Å². The first-order valence-corrected chi connectivity index (χ1v) is 11.1. The third kappa shape index (κ3) is 6.79. The molecule has 0 atom stereocenters. The van der Waals surface area contributed by atoms with E-state index in [-0.39, 0.29) is 29.2 Å². The molecule has 2 rings (SSSR count). The van der Waals surface area contributed by atoms with Gasteiger partial charge in [-0.05, 0) is 42.7 Å². The van der Waals surface area contributed by atoms with E-state index < -0.39 is 22.6 Å². The molecular weight excluding hydrogens is 404 g/mol. The van der Waals surface area contributed by atoms with Gasteiger partial charge in [0.05, 0.1) is 16.5 Å². The number of Topliss-reactive ketones (excluding diaryl/α,β-unsaturated/α-hetero) is 1. The number of nitriles is 1. The molecule has 0 aliphatic rings. The minimum absolute atomic E-state index is 0.00429. The van der Waals surface area contributed by atoms with E-state index >= 15 is 0 Å². The van der Waals surface area contributed by atoms with Gasteiger partial charge in [0.25, 0.3) is 0 Å². The summed E-state index contributed by atoms with van der Waals surface area (Å²) in [5, 5.41) is 8.48. The van der Waals surface area contributed by atoms with E-state index in [0.717, 1.165) is 24.8 Å². The number of ketones is 1. The number of hydrogen-bond acceptors (Lipinski definition) is 6. The quantitative estimate of drug-likeness (QED) is 0.334. The molecule has 1 N–H and O–H groups in total. The van der Waals surface area contributed by atoms with E-state index in [1.807, 2.05) is 18.2 Å². The van der Waals surface area contributed by atoms with Gasteiger partial charge < -0.3 is 4.74 Å². The second kappa shape index (κ2) is 11.2. The molecule has 0 spiro atoms. The fourth-order valence-electron chi connectivity index (χ4n) is 2.63. The molecule has 0 fully saturated rings. The van der Waals surface area contributed by atoms with Crippen molar-refractivity contribution in [3.63, 3.8) is 0 Å². The SMILES string of the molecule is CCCCc1ccc(C(=O)COC(=O)c2ccc(S(=O)(=O)NCCC#N)cc2)cc1. The zero-order valence-corrected chi connectivity index (χ0v) is 17.6. The Labute approximate surface area is 176 Å². The molecule has 2 aromatic carbocycles. The molecule has 0 unspecified atom stereocenters. The van der Waals surface area contributed by atoms with E-state index in [2.05, 4.69) is 11.6 Å². The third-order valence-electron chi connectivity index (χ3n) is 4.36. The van der Waals surface area contributed by atoms with Crippen molar-refractivity contribution in [2.45, 2.75) is 37.5 Å². The van der Waals surface area contributed by atoms with E-state index in [0.29, 0.717) is 5.56 Å². The first-order chi connectivity index (χ1) is 14.4. The summed E-state index contributed by atoms with van der Waals surface area (Å²) < 4.78 is 31.5. The van der Waals surface area contributed by atoms with Crippen molar-refractivity contribution in [3.8, 4) is 6.07 Å². The summed E-state index contributed by atoms with van der Waals surface area (Å²) in [6.07, 6.45) is 3.20. The Kier molecular flexibility index (Phi) is 8.71. The first kappa shape index (κ1) is 23.3. The molecule has 30 heavy (non-hydrogen) atoms. The summed E-state index contributed by atoms with van der Waals surface area (Å²) in [6.45, 7) is 1.72. The summed E-state index contributed by atoms with van der Waals surface area (Å²) in [5.74, 6) is -1.03. The summed E-state index contributed by atoms with van der Waals surface area (Å²) in [7, 11) is -3.75. The van der Waals surface area contributed by atoms with Crippen LogP contribution >= 0.6 is 0 Å². The smallest absolute Gasteiger partial charge is 0.338 e. The van der Waals surface area contributed by atoms with Gasteiger partial charge >= 0.3 is 5.97 Å². The van der Waals surface area contributed by atoms with Gasteiger partial charge in [-0.2, -0.15) is 5.26 Å². The standard InChI is InChI=1S/C22H24N2O5S/c1-2-3-5-17-6-8-18(9-7-17)21(25)16-29-22(26)19-10-12-20(13-11-19)30(27,28)24-15-4-14-23/h6-13,24H,2-5,15-16H2,1H3. The van der Waals surface area contributed by atoms with E-state index in [1.54, 1.807) is 12.1 Å². The largest absolute Gasteiger partial charge is 0.454 e. The molecule has 8 heteroatoms. The highest BCUT2D eigenvalue weighted by Gasteiger charge is 2.16. The third-order valence-corrected chi connectivity index (χ3v) is 5.84. The monoisotopic (exact) mass is 428 g/mol. The van der Waals surface area contributed by atoms with Crippen LogP contribution in [0.4, 0.5) is 0 Å². The van der Waals surface area contributed by atoms with Crippen LogP contribution in [0.2, 0.25) is 0 Å². The van der Waals surface area contributed by atoms with E-state index in [1.165, 1.54) is 24.3 Å². The predicted octanol–water partition coefficient (Wildman–Crippen LogP) is 3.26. The van der Waals surface area contributed by atoms with Gasteiger partial charge in [0.1, 0.15) is 0 Å². The Morgan fingerprint density at radius 3 is 2.27 bits per heavy atom. The van der Waals surface area contributed by atoms with Crippen LogP contribution in [0.5, 0.6) is 0 Å². The van der Waals surface area contributed by atoms with Gasteiger partial charge in [-0.3, -0.25) is 4.79 Å². The Balaban J connectivity index is 1.91. The van der Waals surface area contributed by atoms with Gasteiger partial charge in [-0.25, -0.2) is 17.9 Å². The lowest BCUT2D eigenvalue weighted by Gasteiger charge is -2.07. The number of nitrogens with one attached hydrogen (secondary N) is 1. The maximum Gasteiger partial charge on any atom is 0.338 e. The number of aryl methyl sites for hydroxylation is 1. The molecular formula is C22H24N2O5S. The van der Waals surface area contributed by atoms with Crippen LogP contribution in [0.1, 0.15) is 52.5 Å². The number of unbranched alkanes of at least 4 members (excludes halogenated alkanes) is 1. The molecule has 0 aliphatic carbocycles. The van der Waals surface area contributed by atoms with Crippen LogP contribution in [0, 0.1) is 11.3 Å². The summed E-state index contributed by atoms with van der Waals surface area (Å²) in [4.78, 5) is 24.3. The molecule has 0 saturated heterocycles. The van der Waals surface area contributed by atoms with Crippen LogP contribution in [-0.2, 0) is 21.2 Å². The Bertz CT molecular complexity index is 1010. The number of rotatable bonds is 11. The zero-order valence-electron chi connectivity index (χ0n) is 16.8. The number of esters is 1. The molecule has 158 valence electrons. The van der Waals surface area contributed by atoms with Gasteiger partial charge in [0, 0.05) is 18.5 Å². The van der Waals surface area contributed by atoms with Crippen LogP contribution in [0.15, 0.2) is 53.4 Å². The highest BCUT2D eigenvalue weighted by atomic mass is 32.2. The molecule has 0 saturated carbocycles. The minimum Gasteiger partial charge on any atom is -0.454 e. The Hall–Kier alpha value is -3.02. The summed E-state index contributed by atoms with van der Waals surface area (Å²) in [5.41, 5.74) is 1.75. The second-order valence-corrected chi connectivity index (χ2v) is 8.40. The van der Waals surface area contributed by atoms with Crippen molar-refractivity contribution in [2.24, 2.45) is 0 Å². The zero-order chi connectivity index (χ0) is 22.0.